The maximum Gasteiger partial charge on any atom is 0.319 e. The van der Waals surface area contributed by atoms with Crippen LogP contribution >= 0.6 is 0 Å². The zero-order chi connectivity index (χ0) is 17.6. The summed E-state index contributed by atoms with van der Waals surface area (Å²) in [7, 11) is 0. The Morgan fingerprint density at radius 3 is 2.52 bits per heavy atom. The van der Waals surface area contributed by atoms with Gasteiger partial charge >= 0.3 is 6.03 Å². The molecular formula is C19H27N3O3. The molecule has 2 aliphatic heterocycles. The van der Waals surface area contributed by atoms with Crippen LogP contribution in [0.25, 0.3) is 0 Å². The fraction of sp³-hybridized carbons (Fsp3) is 0.579. The summed E-state index contributed by atoms with van der Waals surface area (Å²) in [5, 5.41) is 5.60. The molecule has 2 fully saturated rings. The van der Waals surface area contributed by atoms with Gasteiger partial charge in [-0.25, -0.2) is 4.79 Å². The lowest BCUT2D eigenvalue weighted by Gasteiger charge is -2.30. The molecule has 136 valence electrons. The van der Waals surface area contributed by atoms with Crippen molar-refractivity contribution in [2.45, 2.75) is 38.7 Å². The third-order valence-electron chi connectivity index (χ3n) is 4.97. The van der Waals surface area contributed by atoms with Gasteiger partial charge in [0.1, 0.15) is 0 Å². The molecule has 0 aliphatic carbocycles. The summed E-state index contributed by atoms with van der Waals surface area (Å²) < 4.78 is 5.48. The largest absolute Gasteiger partial charge is 0.376 e. The van der Waals surface area contributed by atoms with Gasteiger partial charge in [-0.2, -0.15) is 0 Å². The van der Waals surface area contributed by atoms with Crippen LogP contribution in [0.15, 0.2) is 24.3 Å². The smallest absolute Gasteiger partial charge is 0.319 e. The van der Waals surface area contributed by atoms with E-state index >= 15 is 0 Å². The van der Waals surface area contributed by atoms with Crippen LogP contribution in [-0.2, 0) is 4.74 Å². The number of ether oxygens (including phenoxy) is 1. The molecule has 2 aliphatic rings. The quantitative estimate of drug-likeness (QED) is 0.881. The number of rotatable bonds is 4. The minimum atomic E-state index is -0.250. The molecule has 1 atom stereocenters. The van der Waals surface area contributed by atoms with Crippen molar-refractivity contribution in [1.82, 2.24) is 10.2 Å². The van der Waals surface area contributed by atoms with Gasteiger partial charge in [-0.15, -0.1) is 0 Å². The molecule has 0 spiro atoms. The Labute approximate surface area is 148 Å². The number of piperidine rings is 1. The van der Waals surface area contributed by atoms with Crippen molar-refractivity contribution in [1.29, 1.82) is 0 Å². The van der Waals surface area contributed by atoms with E-state index in [1.165, 1.54) is 0 Å². The van der Waals surface area contributed by atoms with E-state index in [9.17, 15) is 9.59 Å². The Morgan fingerprint density at radius 2 is 1.88 bits per heavy atom. The number of benzene rings is 1. The predicted octanol–water partition coefficient (Wildman–Crippen LogP) is 2.86. The summed E-state index contributed by atoms with van der Waals surface area (Å²) in [5.41, 5.74) is 1.34. The lowest BCUT2D eigenvalue weighted by molar-refractivity contribution is 0.0697. The Morgan fingerprint density at radius 1 is 1.16 bits per heavy atom. The van der Waals surface area contributed by atoms with Gasteiger partial charge in [-0.1, -0.05) is 6.92 Å². The minimum absolute atomic E-state index is 0.0706. The van der Waals surface area contributed by atoms with E-state index in [0.29, 0.717) is 23.7 Å². The van der Waals surface area contributed by atoms with Crippen LogP contribution in [0.2, 0.25) is 0 Å². The summed E-state index contributed by atoms with van der Waals surface area (Å²) in [5.74, 6) is 0.769. The normalized spacial score (nSPS) is 21.2. The van der Waals surface area contributed by atoms with Gasteiger partial charge in [0.05, 0.1) is 6.10 Å². The molecule has 2 saturated heterocycles. The summed E-state index contributed by atoms with van der Waals surface area (Å²) in [4.78, 5) is 26.3. The number of nitrogens with one attached hydrogen (secondary N) is 2. The lowest BCUT2D eigenvalue weighted by Crippen LogP contribution is -2.37. The van der Waals surface area contributed by atoms with Crippen molar-refractivity contribution < 1.29 is 14.3 Å². The number of carbonyl (C=O) groups is 2. The standard InChI is InChI=1S/C19H27N3O3/c1-14-8-10-22(11-9-14)18(23)15-4-6-16(7-5-15)21-19(24)20-13-17-3-2-12-25-17/h4-7,14,17H,2-3,8-13H2,1H3,(H2,20,21,24). The molecule has 3 amide bonds. The van der Waals surface area contributed by atoms with E-state index in [1.807, 2.05) is 4.90 Å². The van der Waals surface area contributed by atoms with Crippen LogP contribution in [0.1, 0.15) is 43.0 Å². The van der Waals surface area contributed by atoms with Crippen LogP contribution < -0.4 is 10.6 Å². The van der Waals surface area contributed by atoms with Crippen LogP contribution in [0, 0.1) is 5.92 Å². The second kappa shape index (κ2) is 8.34. The third-order valence-corrected chi connectivity index (χ3v) is 4.97. The first-order valence-electron chi connectivity index (χ1n) is 9.17. The zero-order valence-corrected chi connectivity index (χ0v) is 14.8. The topological polar surface area (TPSA) is 70.7 Å². The van der Waals surface area contributed by atoms with E-state index in [2.05, 4.69) is 17.6 Å². The predicted molar refractivity (Wildman–Crippen MR) is 96.7 cm³/mol. The summed E-state index contributed by atoms with van der Waals surface area (Å²) >= 11 is 0. The molecule has 1 aromatic carbocycles. The summed E-state index contributed by atoms with van der Waals surface area (Å²) in [6.45, 7) is 5.18. The van der Waals surface area contributed by atoms with Gasteiger partial charge in [-0.3, -0.25) is 4.79 Å². The Kier molecular flexibility index (Phi) is 5.91. The highest BCUT2D eigenvalue weighted by Crippen LogP contribution is 2.19. The lowest BCUT2D eigenvalue weighted by atomic mass is 9.98. The number of likely N-dealkylation sites (tertiary alicyclic amines) is 1. The Bertz CT molecular complexity index is 588. The summed E-state index contributed by atoms with van der Waals surface area (Å²) in [6.07, 6.45) is 4.30. The van der Waals surface area contributed by atoms with Gasteiger partial charge in [0.2, 0.25) is 0 Å². The molecule has 2 heterocycles. The fourth-order valence-electron chi connectivity index (χ4n) is 3.28. The molecule has 6 heteroatoms. The van der Waals surface area contributed by atoms with Crippen LogP contribution in [0.3, 0.4) is 0 Å². The van der Waals surface area contributed by atoms with Gasteiger partial charge in [0.25, 0.3) is 5.91 Å². The summed E-state index contributed by atoms with van der Waals surface area (Å²) in [6, 6.07) is 6.84. The first kappa shape index (κ1) is 17.7. The molecule has 1 aromatic rings. The molecule has 0 aromatic heterocycles. The van der Waals surface area contributed by atoms with Crippen molar-refractivity contribution in [3.8, 4) is 0 Å². The monoisotopic (exact) mass is 345 g/mol. The van der Waals surface area contributed by atoms with Gasteiger partial charge in [-0.05, 0) is 55.9 Å². The van der Waals surface area contributed by atoms with Crippen LogP contribution in [-0.4, -0.2) is 49.2 Å². The Hall–Kier alpha value is -2.08. The number of carbonyl (C=O) groups excluding carboxylic acids is 2. The van der Waals surface area contributed by atoms with Crippen molar-refractivity contribution in [2.24, 2.45) is 5.92 Å². The van der Waals surface area contributed by atoms with E-state index in [0.717, 1.165) is 45.4 Å². The molecule has 6 nitrogen and oxygen atoms in total. The fourth-order valence-corrected chi connectivity index (χ4v) is 3.28. The number of hydrogen-bond acceptors (Lipinski definition) is 3. The van der Waals surface area contributed by atoms with Crippen LogP contribution in [0.5, 0.6) is 0 Å². The molecule has 2 N–H and O–H groups in total. The highest BCUT2D eigenvalue weighted by molar-refractivity contribution is 5.95. The third kappa shape index (κ3) is 4.95. The maximum absolute atomic E-state index is 12.5. The maximum atomic E-state index is 12.5. The molecule has 3 rings (SSSR count). The first-order valence-corrected chi connectivity index (χ1v) is 9.17. The molecule has 0 radical (unpaired) electrons. The molecule has 1 unspecified atom stereocenters. The van der Waals surface area contributed by atoms with E-state index in [4.69, 9.17) is 4.74 Å². The van der Waals surface area contributed by atoms with Crippen molar-refractivity contribution in [3.63, 3.8) is 0 Å². The zero-order valence-electron chi connectivity index (χ0n) is 14.8. The average molecular weight is 345 g/mol. The second-order valence-corrected chi connectivity index (χ2v) is 7.02. The van der Waals surface area contributed by atoms with Crippen molar-refractivity contribution in [2.75, 3.05) is 31.6 Å². The second-order valence-electron chi connectivity index (χ2n) is 7.02. The van der Waals surface area contributed by atoms with Crippen molar-refractivity contribution in [3.05, 3.63) is 29.8 Å². The molecule has 0 bridgehead atoms. The number of amides is 3. The highest BCUT2D eigenvalue weighted by Gasteiger charge is 2.21. The highest BCUT2D eigenvalue weighted by atomic mass is 16.5. The average Bonchev–Trinajstić information content (AvgIpc) is 3.14. The number of hydrogen-bond donors (Lipinski definition) is 2. The van der Waals surface area contributed by atoms with Gasteiger partial charge < -0.3 is 20.3 Å². The van der Waals surface area contributed by atoms with Gasteiger partial charge in [0, 0.05) is 37.5 Å². The minimum Gasteiger partial charge on any atom is -0.376 e. The molecule has 0 saturated carbocycles. The number of nitrogens with zero attached hydrogens (tertiary/aromatic N) is 1. The molecular weight excluding hydrogens is 318 g/mol. The van der Waals surface area contributed by atoms with E-state index < -0.39 is 0 Å². The first-order chi connectivity index (χ1) is 12.1. The van der Waals surface area contributed by atoms with E-state index in [1.54, 1.807) is 24.3 Å². The molecule has 25 heavy (non-hydrogen) atoms. The number of anilines is 1. The van der Waals surface area contributed by atoms with Crippen LogP contribution in [0.4, 0.5) is 10.5 Å². The SMILES string of the molecule is CC1CCN(C(=O)c2ccc(NC(=O)NCC3CCCO3)cc2)CC1. The number of urea groups is 1. The van der Waals surface area contributed by atoms with Gasteiger partial charge in [0.15, 0.2) is 0 Å². The van der Waals surface area contributed by atoms with Crippen molar-refractivity contribution >= 4 is 17.6 Å². The Balaban J connectivity index is 1.47. The van der Waals surface area contributed by atoms with E-state index in [-0.39, 0.29) is 18.0 Å².